The summed E-state index contributed by atoms with van der Waals surface area (Å²) in [6, 6.07) is 9.08. The molecule has 3 rings (SSSR count). The molecule has 104 valence electrons. The molecule has 0 fully saturated rings. The van der Waals surface area contributed by atoms with E-state index in [0.29, 0.717) is 5.89 Å². The Hall–Kier alpha value is -2.54. The van der Waals surface area contributed by atoms with Gasteiger partial charge in [0.05, 0.1) is 6.21 Å². The molecule has 0 unspecified atom stereocenters. The summed E-state index contributed by atoms with van der Waals surface area (Å²) in [6.45, 7) is 0. The Bertz CT molecular complexity index is 769. The van der Waals surface area contributed by atoms with Gasteiger partial charge in [0.25, 0.3) is 0 Å². The largest absolute Gasteiger partial charge is 0.479 e. The number of benzene rings is 1. The number of aromatic hydroxyl groups is 1. The van der Waals surface area contributed by atoms with Gasteiger partial charge in [-0.15, -0.1) is 0 Å². The van der Waals surface area contributed by atoms with E-state index in [0.717, 1.165) is 10.0 Å². The van der Waals surface area contributed by atoms with Crippen LogP contribution in [0, 0.1) is 0 Å². The first kappa shape index (κ1) is 13.4. The minimum atomic E-state index is -0.299. The first-order chi connectivity index (χ1) is 10.2. The summed E-state index contributed by atoms with van der Waals surface area (Å²) in [5.41, 5.74) is 0.976. The first-order valence-electron chi connectivity index (χ1n) is 5.99. The third-order valence-electron chi connectivity index (χ3n) is 2.58. The molecule has 21 heavy (non-hydrogen) atoms. The van der Waals surface area contributed by atoms with Gasteiger partial charge in [0.2, 0.25) is 11.8 Å². The van der Waals surface area contributed by atoms with E-state index in [1.54, 1.807) is 18.5 Å². The Morgan fingerprint density at radius 3 is 2.57 bits per heavy atom. The monoisotopic (exact) mass is 344 g/mol. The number of hydrogen-bond acceptors (Lipinski definition) is 6. The highest BCUT2D eigenvalue weighted by Gasteiger charge is 2.12. The normalized spacial score (nSPS) is 11.1. The molecule has 0 aliphatic rings. The Morgan fingerprint density at radius 1 is 1.14 bits per heavy atom. The van der Waals surface area contributed by atoms with Gasteiger partial charge < -0.3 is 9.52 Å². The number of aliphatic imine (C=N–C) groups is 1. The number of aromatic nitrogens is 3. The van der Waals surface area contributed by atoms with Crippen LogP contribution in [0.1, 0.15) is 5.69 Å². The van der Waals surface area contributed by atoms with Crippen LogP contribution in [0.15, 0.2) is 56.6 Å². The third kappa shape index (κ3) is 3.14. The van der Waals surface area contributed by atoms with Crippen molar-refractivity contribution in [1.82, 2.24) is 15.0 Å². The van der Waals surface area contributed by atoms with Crippen molar-refractivity contribution in [3.05, 3.63) is 52.9 Å². The summed E-state index contributed by atoms with van der Waals surface area (Å²) in [4.78, 5) is 16.1. The third-order valence-corrected chi connectivity index (χ3v) is 3.11. The van der Waals surface area contributed by atoms with Gasteiger partial charge in [-0.3, -0.25) is 0 Å². The number of oxazole rings is 1. The summed E-state index contributed by atoms with van der Waals surface area (Å²) < 4.78 is 6.18. The van der Waals surface area contributed by atoms with Crippen LogP contribution >= 0.6 is 15.9 Å². The van der Waals surface area contributed by atoms with E-state index in [1.807, 2.05) is 24.3 Å². The quantitative estimate of drug-likeness (QED) is 0.736. The zero-order valence-corrected chi connectivity index (χ0v) is 12.2. The molecule has 6 nitrogen and oxygen atoms in total. The van der Waals surface area contributed by atoms with Crippen molar-refractivity contribution in [2.75, 3.05) is 0 Å². The van der Waals surface area contributed by atoms with Crippen molar-refractivity contribution in [2.24, 2.45) is 4.99 Å². The van der Waals surface area contributed by atoms with Crippen molar-refractivity contribution in [1.29, 1.82) is 0 Å². The van der Waals surface area contributed by atoms with Crippen LogP contribution in [0.3, 0.4) is 0 Å². The molecular formula is C14H9BrN4O2. The molecule has 3 aromatic rings. The topological polar surface area (TPSA) is 84.4 Å². The fourth-order valence-corrected chi connectivity index (χ4v) is 1.87. The summed E-state index contributed by atoms with van der Waals surface area (Å²) in [5, 5.41) is 9.75. The number of hydrogen-bond donors (Lipinski definition) is 1. The zero-order valence-electron chi connectivity index (χ0n) is 10.6. The lowest BCUT2D eigenvalue weighted by atomic mass is 10.2. The van der Waals surface area contributed by atoms with E-state index in [4.69, 9.17) is 4.42 Å². The molecule has 0 saturated carbocycles. The molecule has 0 radical (unpaired) electrons. The van der Waals surface area contributed by atoms with Crippen LogP contribution < -0.4 is 0 Å². The van der Waals surface area contributed by atoms with Crippen LogP contribution in [-0.2, 0) is 0 Å². The summed E-state index contributed by atoms with van der Waals surface area (Å²) >= 11 is 3.35. The lowest BCUT2D eigenvalue weighted by Gasteiger charge is -1.94. The second-order valence-electron chi connectivity index (χ2n) is 4.02. The highest BCUT2D eigenvalue weighted by atomic mass is 79.9. The van der Waals surface area contributed by atoms with Crippen molar-refractivity contribution >= 4 is 28.1 Å². The summed E-state index contributed by atoms with van der Waals surface area (Å²) in [5.74, 6) is 0.299. The minimum Gasteiger partial charge on any atom is -0.479 e. The van der Waals surface area contributed by atoms with Gasteiger partial charge in [-0.25, -0.2) is 19.9 Å². The average molecular weight is 345 g/mol. The van der Waals surface area contributed by atoms with E-state index in [2.05, 4.69) is 35.9 Å². The smallest absolute Gasteiger partial charge is 0.312 e. The highest BCUT2D eigenvalue weighted by Crippen LogP contribution is 2.26. The minimum absolute atomic E-state index is 0.223. The maximum absolute atomic E-state index is 9.75. The van der Waals surface area contributed by atoms with E-state index in [9.17, 15) is 5.11 Å². The maximum Gasteiger partial charge on any atom is 0.312 e. The van der Waals surface area contributed by atoms with Crippen molar-refractivity contribution in [3.8, 4) is 17.4 Å². The van der Waals surface area contributed by atoms with Crippen LogP contribution in [0.2, 0.25) is 0 Å². The molecule has 0 saturated heterocycles. The average Bonchev–Trinajstić information content (AvgIpc) is 2.88. The predicted octanol–water partition coefficient (Wildman–Crippen LogP) is 3.35. The van der Waals surface area contributed by atoms with Gasteiger partial charge in [-0.1, -0.05) is 15.9 Å². The second kappa shape index (κ2) is 5.84. The molecule has 0 spiro atoms. The number of halogens is 1. The molecule has 7 heteroatoms. The Balaban J connectivity index is 1.88. The molecule has 1 N–H and O–H groups in total. The van der Waals surface area contributed by atoms with E-state index in [-0.39, 0.29) is 17.6 Å². The fourth-order valence-electron chi connectivity index (χ4n) is 1.60. The van der Waals surface area contributed by atoms with Gasteiger partial charge in [-0.2, -0.15) is 0 Å². The van der Waals surface area contributed by atoms with Crippen LogP contribution in [0.25, 0.3) is 11.5 Å². The summed E-state index contributed by atoms with van der Waals surface area (Å²) in [6.07, 6.45) is 4.52. The van der Waals surface area contributed by atoms with E-state index in [1.165, 1.54) is 6.21 Å². The Morgan fingerprint density at radius 2 is 1.86 bits per heavy atom. The lowest BCUT2D eigenvalue weighted by molar-refractivity contribution is 0.337. The van der Waals surface area contributed by atoms with Crippen molar-refractivity contribution in [3.63, 3.8) is 0 Å². The van der Waals surface area contributed by atoms with E-state index >= 15 is 0 Å². The molecule has 0 aliphatic heterocycles. The van der Waals surface area contributed by atoms with Gasteiger partial charge in [0.1, 0.15) is 0 Å². The molecule has 2 aromatic heterocycles. The fraction of sp³-hybridized carbons (Fsp3) is 0. The molecule has 0 aliphatic carbocycles. The van der Waals surface area contributed by atoms with Crippen LogP contribution in [0.4, 0.5) is 5.95 Å². The Labute approximate surface area is 128 Å². The van der Waals surface area contributed by atoms with Gasteiger partial charge in [0.15, 0.2) is 5.69 Å². The lowest BCUT2D eigenvalue weighted by Crippen LogP contribution is -1.84. The molecule has 0 bridgehead atoms. The van der Waals surface area contributed by atoms with Gasteiger partial charge >= 0.3 is 5.95 Å². The van der Waals surface area contributed by atoms with Crippen molar-refractivity contribution in [2.45, 2.75) is 0 Å². The number of nitrogens with zero attached hydrogens (tertiary/aromatic N) is 4. The van der Waals surface area contributed by atoms with E-state index < -0.39 is 0 Å². The van der Waals surface area contributed by atoms with Crippen molar-refractivity contribution < 1.29 is 9.52 Å². The van der Waals surface area contributed by atoms with Crippen LogP contribution in [0.5, 0.6) is 5.95 Å². The number of rotatable bonds is 3. The zero-order chi connectivity index (χ0) is 14.7. The first-order valence-corrected chi connectivity index (χ1v) is 6.78. The SMILES string of the molecule is Oc1oc(-c2ccc(Br)cc2)nc1/C=N/c1ncccn1. The second-order valence-corrected chi connectivity index (χ2v) is 4.94. The summed E-state index contributed by atoms with van der Waals surface area (Å²) in [7, 11) is 0. The molecule has 0 atom stereocenters. The standard InChI is InChI=1S/C14H9BrN4O2/c15-10-4-2-9(3-5-10)12-19-11(13(20)21-12)8-18-14-16-6-1-7-17-14/h1-8,20H/b18-8+. The van der Waals surface area contributed by atoms with Gasteiger partial charge in [-0.05, 0) is 30.3 Å². The van der Waals surface area contributed by atoms with Crippen LogP contribution in [-0.4, -0.2) is 26.3 Å². The van der Waals surface area contributed by atoms with Gasteiger partial charge in [0, 0.05) is 22.4 Å². The molecular weight excluding hydrogens is 336 g/mol. The Kier molecular flexibility index (Phi) is 3.74. The maximum atomic E-state index is 9.75. The highest BCUT2D eigenvalue weighted by molar-refractivity contribution is 9.10. The predicted molar refractivity (Wildman–Crippen MR) is 80.6 cm³/mol. The molecule has 1 aromatic carbocycles. The molecule has 0 amide bonds. The molecule has 2 heterocycles.